The summed E-state index contributed by atoms with van der Waals surface area (Å²) in [5.41, 5.74) is 7.18. The van der Waals surface area contributed by atoms with Gasteiger partial charge < -0.3 is 15.0 Å². The van der Waals surface area contributed by atoms with Crippen molar-refractivity contribution in [3.05, 3.63) is 18.2 Å². The van der Waals surface area contributed by atoms with E-state index >= 15 is 0 Å². The molecule has 0 aliphatic heterocycles. The number of nitrogens with two attached hydrogens (primary N) is 1. The van der Waals surface area contributed by atoms with Crippen molar-refractivity contribution in [1.82, 2.24) is 14.5 Å². The van der Waals surface area contributed by atoms with E-state index in [1.165, 1.54) is 5.69 Å². The second-order valence-corrected chi connectivity index (χ2v) is 4.90. The van der Waals surface area contributed by atoms with E-state index in [1.54, 1.807) is 0 Å². The maximum atomic E-state index is 5.99. The Labute approximate surface area is 116 Å². The molecule has 0 amide bonds. The number of rotatable bonds is 9. The molecule has 0 fully saturated rings. The Kier molecular flexibility index (Phi) is 7.05. The molecule has 5 heteroatoms. The van der Waals surface area contributed by atoms with Crippen molar-refractivity contribution in [3.8, 4) is 0 Å². The number of aromatic nitrogens is 2. The van der Waals surface area contributed by atoms with Gasteiger partial charge in [-0.1, -0.05) is 6.92 Å². The summed E-state index contributed by atoms with van der Waals surface area (Å²) in [6.07, 6.45) is 3.82. The van der Waals surface area contributed by atoms with E-state index in [0.717, 1.165) is 26.3 Å². The molecule has 0 saturated carbocycles. The van der Waals surface area contributed by atoms with Crippen molar-refractivity contribution in [2.45, 2.75) is 39.8 Å². The maximum absolute atomic E-state index is 5.99. The van der Waals surface area contributed by atoms with Crippen molar-refractivity contribution >= 4 is 0 Å². The van der Waals surface area contributed by atoms with Gasteiger partial charge in [-0.15, -0.1) is 0 Å². The minimum Gasteiger partial charge on any atom is -0.380 e. The lowest BCUT2D eigenvalue weighted by Gasteiger charge is -2.31. The normalized spacial score (nSPS) is 13.4. The van der Waals surface area contributed by atoms with Crippen molar-refractivity contribution in [2.24, 2.45) is 5.73 Å². The zero-order chi connectivity index (χ0) is 14.3. The van der Waals surface area contributed by atoms with Crippen LogP contribution in [-0.2, 0) is 4.74 Å². The standard InChI is InChI=1S/C14H28N4O/c1-5-17(7-8-19-6-2)13(9-15)14-10-16-11-18(14)12(3)4/h10-13H,5-9,15H2,1-4H3. The molecule has 1 aromatic rings. The third kappa shape index (κ3) is 4.30. The Bertz CT molecular complexity index is 351. The summed E-state index contributed by atoms with van der Waals surface area (Å²) in [5.74, 6) is 0. The van der Waals surface area contributed by atoms with Crippen LogP contribution in [-0.4, -0.2) is 47.3 Å². The second kappa shape index (κ2) is 8.30. The van der Waals surface area contributed by atoms with Crippen molar-refractivity contribution < 1.29 is 4.74 Å². The van der Waals surface area contributed by atoms with Gasteiger partial charge in [-0.25, -0.2) is 4.98 Å². The van der Waals surface area contributed by atoms with Crippen LogP contribution in [0.15, 0.2) is 12.5 Å². The van der Waals surface area contributed by atoms with E-state index < -0.39 is 0 Å². The quantitative estimate of drug-likeness (QED) is 0.694. The number of likely N-dealkylation sites (N-methyl/N-ethyl adjacent to an activating group) is 1. The lowest BCUT2D eigenvalue weighted by atomic mass is 10.1. The number of hydrogen-bond donors (Lipinski definition) is 1. The first-order valence-corrected chi connectivity index (χ1v) is 7.19. The molecule has 0 spiro atoms. The lowest BCUT2D eigenvalue weighted by Crippen LogP contribution is -2.37. The van der Waals surface area contributed by atoms with E-state index in [9.17, 15) is 0 Å². The van der Waals surface area contributed by atoms with E-state index in [-0.39, 0.29) is 6.04 Å². The van der Waals surface area contributed by atoms with Crippen molar-refractivity contribution in [2.75, 3.05) is 32.8 Å². The van der Waals surface area contributed by atoms with Gasteiger partial charge in [-0.3, -0.25) is 4.90 Å². The average Bonchev–Trinajstić information content (AvgIpc) is 2.87. The van der Waals surface area contributed by atoms with E-state index in [4.69, 9.17) is 10.5 Å². The molecule has 1 heterocycles. The molecule has 1 rings (SSSR count). The van der Waals surface area contributed by atoms with Crippen LogP contribution in [0.3, 0.4) is 0 Å². The van der Waals surface area contributed by atoms with Gasteiger partial charge in [0.25, 0.3) is 0 Å². The molecule has 0 bridgehead atoms. The summed E-state index contributed by atoms with van der Waals surface area (Å²) in [7, 11) is 0. The third-order valence-electron chi connectivity index (χ3n) is 3.39. The van der Waals surface area contributed by atoms with Gasteiger partial charge in [0.1, 0.15) is 0 Å². The molecule has 5 nitrogen and oxygen atoms in total. The largest absolute Gasteiger partial charge is 0.380 e. The molecule has 0 aromatic carbocycles. The van der Waals surface area contributed by atoms with Crippen LogP contribution in [0.4, 0.5) is 0 Å². The van der Waals surface area contributed by atoms with Crippen LogP contribution >= 0.6 is 0 Å². The smallest absolute Gasteiger partial charge is 0.0951 e. The summed E-state index contributed by atoms with van der Waals surface area (Å²) >= 11 is 0. The molecule has 0 saturated heterocycles. The predicted molar refractivity (Wildman–Crippen MR) is 78.1 cm³/mol. The summed E-state index contributed by atoms with van der Waals surface area (Å²) in [6.45, 7) is 12.5. The molecular formula is C14H28N4O. The van der Waals surface area contributed by atoms with Crippen LogP contribution in [0.2, 0.25) is 0 Å². The molecule has 1 atom stereocenters. The second-order valence-electron chi connectivity index (χ2n) is 4.90. The first-order chi connectivity index (χ1) is 9.15. The first kappa shape index (κ1) is 16.1. The minimum absolute atomic E-state index is 0.204. The van der Waals surface area contributed by atoms with Crippen molar-refractivity contribution in [3.63, 3.8) is 0 Å². The molecule has 2 N–H and O–H groups in total. The van der Waals surface area contributed by atoms with Crippen LogP contribution < -0.4 is 5.73 Å². The van der Waals surface area contributed by atoms with Gasteiger partial charge >= 0.3 is 0 Å². The zero-order valence-electron chi connectivity index (χ0n) is 12.7. The molecular weight excluding hydrogens is 240 g/mol. The molecule has 110 valence electrons. The predicted octanol–water partition coefficient (Wildman–Crippen LogP) is 1.82. The Balaban J connectivity index is 2.81. The van der Waals surface area contributed by atoms with E-state index in [0.29, 0.717) is 12.6 Å². The third-order valence-corrected chi connectivity index (χ3v) is 3.39. The van der Waals surface area contributed by atoms with Gasteiger partial charge in [-0.05, 0) is 27.3 Å². The van der Waals surface area contributed by atoms with Crippen LogP contribution in [0.25, 0.3) is 0 Å². The monoisotopic (exact) mass is 268 g/mol. The SMILES string of the molecule is CCOCCN(CC)C(CN)c1cncn1C(C)C. The van der Waals surface area contributed by atoms with Crippen LogP contribution in [0.1, 0.15) is 45.5 Å². The molecule has 1 unspecified atom stereocenters. The number of imidazole rings is 1. The van der Waals surface area contributed by atoms with E-state index in [2.05, 4.69) is 35.2 Å². The Morgan fingerprint density at radius 1 is 1.42 bits per heavy atom. The summed E-state index contributed by atoms with van der Waals surface area (Å²) in [6, 6.07) is 0.604. The first-order valence-electron chi connectivity index (χ1n) is 7.19. The minimum atomic E-state index is 0.204. The number of ether oxygens (including phenoxy) is 1. The summed E-state index contributed by atoms with van der Waals surface area (Å²) in [5, 5.41) is 0. The highest BCUT2D eigenvalue weighted by atomic mass is 16.5. The fourth-order valence-electron chi connectivity index (χ4n) is 2.32. The topological polar surface area (TPSA) is 56.3 Å². The van der Waals surface area contributed by atoms with Gasteiger partial charge in [-0.2, -0.15) is 0 Å². The maximum Gasteiger partial charge on any atom is 0.0951 e. The molecule has 0 radical (unpaired) electrons. The van der Waals surface area contributed by atoms with Gasteiger partial charge in [0.2, 0.25) is 0 Å². The Morgan fingerprint density at radius 3 is 2.68 bits per heavy atom. The zero-order valence-corrected chi connectivity index (χ0v) is 12.7. The lowest BCUT2D eigenvalue weighted by molar-refractivity contribution is 0.0960. The number of hydrogen-bond acceptors (Lipinski definition) is 4. The molecule has 0 aliphatic rings. The molecule has 1 aromatic heterocycles. The average molecular weight is 268 g/mol. The fraction of sp³-hybridized carbons (Fsp3) is 0.786. The molecule has 0 aliphatic carbocycles. The highest BCUT2D eigenvalue weighted by Crippen LogP contribution is 2.21. The fourth-order valence-corrected chi connectivity index (χ4v) is 2.32. The highest BCUT2D eigenvalue weighted by Gasteiger charge is 2.21. The Morgan fingerprint density at radius 2 is 2.16 bits per heavy atom. The van der Waals surface area contributed by atoms with Gasteiger partial charge in [0.05, 0.1) is 24.7 Å². The van der Waals surface area contributed by atoms with Crippen LogP contribution in [0, 0.1) is 0 Å². The Hall–Kier alpha value is -0.910. The summed E-state index contributed by atoms with van der Waals surface area (Å²) in [4.78, 5) is 6.63. The highest BCUT2D eigenvalue weighted by molar-refractivity contribution is 5.07. The molecule has 19 heavy (non-hydrogen) atoms. The summed E-state index contributed by atoms with van der Waals surface area (Å²) < 4.78 is 7.65. The van der Waals surface area contributed by atoms with Crippen molar-refractivity contribution in [1.29, 1.82) is 0 Å². The van der Waals surface area contributed by atoms with Gasteiger partial charge in [0.15, 0.2) is 0 Å². The number of nitrogens with zero attached hydrogens (tertiary/aromatic N) is 3. The van der Waals surface area contributed by atoms with Crippen LogP contribution in [0.5, 0.6) is 0 Å². The van der Waals surface area contributed by atoms with E-state index in [1.807, 2.05) is 19.4 Å². The van der Waals surface area contributed by atoms with Gasteiger partial charge in [0, 0.05) is 31.9 Å².